The van der Waals surface area contributed by atoms with Gasteiger partial charge in [0.05, 0.1) is 5.69 Å². The van der Waals surface area contributed by atoms with Gasteiger partial charge in [0.2, 0.25) is 0 Å². The Morgan fingerprint density at radius 3 is 2.68 bits per heavy atom. The van der Waals surface area contributed by atoms with Gasteiger partial charge in [-0.25, -0.2) is 9.37 Å². The van der Waals surface area contributed by atoms with Crippen LogP contribution in [0.3, 0.4) is 0 Å². The van der Waals surface area contributed by atoms with E-state index in [0.29, 0.717) is 0 Å². The summed E-state index contributed by atoms with van der Waals surface area (Å²) in [7, 11) is -0.142. The number of hydrogen-bond donors (Lipinski definition) is 0. The van der Waals surface area contributed by atoms with Crippen molar-refractivity contribution in [2.45, 2.75) is 31.7 Å². The molecule has 0 spiro atoms. The highest BCUT2D eigenvalue weighted by atomic mass is 31.1. The number of benzene rings is 2. The molecule has 4 heteroatoms. The van der Waals surface area contributed by atoms with Gasteiger partial charge in [0.1, 0.15) is 11.6 Å². The molecule has 1 unspecified atom stereocenters. The number of fused-ring (bicyclic) bond motifs is 1. The summed E-state index contributed by atoms with van der Waals surface area (Å²) < 4.78 is 15.9. The molecule has 0 radical (unpaired) electrons. The number of imidazole rings is 1. The standard InChI is InChI=1S/C21H22FN2P/c1-21(2)15-25(13-16-7-4-3-5-8-16)14-20-23-19(12-24(20)21)17-9-6-10-18(22)11-17/h3-12H,13-15H2,1-2H3. The summed E-state index contributed by atoms with van der Waals surface area (Å²) in [6, 6.07) is 17.4. The molecule has 2 nitrogen and oxygen atoms in total. The Labute approximate surface area is 149 Å². The third-order valence-corrected chi connectivity index (χ3v) is 7.54. The highest BCUT2D eigenvalue weighted by Gasteiger charge is 2.33. The van der Waals surface area contributed by atoms with Crippen molar-refractivity contribution in [3.63, 3.8) is 0 Å². The highest BCUT2D eigenvalue weighted by Crippen LogP contribution is 2.51. The second kappa shape index (κ2) is 6.38. The Morgan fingerprint density at radius 1 is 1.12 bits per heavy atom. The largest absolute Gasteiger partial charge is 0.328 e. The first-order chi connectivity index (χ1) is 12.0. The van der Waals surface area contributed by atoms with E-state index < -0.39 is 0 Å². The molecule has 2 aromatic carbocycles. The lowest BCUT2D eigenvalue weighted by atomic mass is 10.1. The molecule has 1 aliphatic rings. The lowest BCUT2D eigenvalue weighted by Gasteiger charge is -2.37. The second-order valence-corrected chi connectivity index (χ2v) is 9.66. The Bertz CT molecular complexity index is 886. The summed E-state index contributed by atoms with van der Waals surface area (Å²) in [6.45, 7) is 4.57. The van der Waals surface area contributed by atoms with Gasteiger partial charge in [0.25, 0.3) is 0 Å². The topological polar surface area (TPSA) is 17.8 Å². The molecule has 1 atom stereocenters. The van der Waals surface area contributed by atoms with Crippen LogP contribution in [0.4, 0.5) is 4.39 Å². The zero-order chi connectivity index (χ0) is 17.4. The number of rotatable bonds is 3. The summed E-state index contributed by atoms with van der Waals surface area (Å²) >= 11 is 0. The number of aromatic nitrogens is 2. The van der Waals surface area contributed by atoms with Gasteiger partial charge in [0.15, 0.2) is 0 Å². The Kier molecular flexibility index (Phi) is 4.21. The van der Waals surface area contributed by atoms with Crippen molar-refractivity contribution in [3.05, 3.63) is 78.0 Å². The molecule has 0 aliphatic carbocycles. The summed E-state index contributed by atoms with van der Waals surface area (Å²) in [6.07, 6.45) is 5.45. The van der Waals surface area contributed by atoms with Gasteiger partial charge in [-0.2, -0.15) is 0 Å². The molecule has 4 rings (SSSR count). The van der Waals surface area contributed by atoms with Crippen LogP contribution in [0.15, 0.2) is 60.8 Å². The van der Waals surface area contributed by atoms with Crippen LogP contribution in [0.25, 0.3) is 11.3 Å². The molecule has 0 amide bonds. The van der Waals surface area contributed by atoms with Crippen LogP contribution >= 0.6 is 7.92 Å². The molecular formula is C21H22FN2P. The lowest BCUT2D eigenvalue weighted by Crippen LogP contribution is -2.34. The first kappa shape index (κ1) is 16.5. The summed E-state index contributed by atoms with van der Waals surface area (Å²) in [5.41, 5.74) is 3.19. The minimum Gasteiger partial charge on any atom is -0.328 e. The molecular weight excluding hydrogens is 330 g/mol. The smallest absolute Gasteiger partial charge is 0.123 e. The summed E-state index contributed by atoms with van der Waals surface area (Å²) in [5.74, 6) is 0.923. The molecule has 128 valence electrons. The number of nitrogens with zero attached hydrogens (tertiary/aromatic N) is 2. The van der Waals surface area contributed by atoms with Crippen molar-refractivity contribution < 1.29 is 4.39 Å². The van der Waals surface area contributed by atoms with Gasteiger partial charge in [-0.05, 0) is 43.9 Å². The zero-order valence-corrected chi connectivity index (χ0v) is 15.5. The third-order valence-electron chi connectivity index (χ3n) is 4.78. The van der Waals surface area contributed by atoms with Crippen molar-refractivity contribution in [1.82, 2.24) is 9.55 Å². The van der Waals surface area contributed by atoms with Crippen molar-refractivity contribution in [1.29, 1.82) is 0 Å². The van der Waals surface area contributed by atoms with Crippen molar-refractivity contribution in [3.8, 4) is 11.3 Å². The van der Waals surface area contributed by atoms with E-state index >= 15 is 0 Å². The highest BCUT2D eigenvalue weighted by molar-refractivity contribution is 7.56. The maximum Gasteiger partial charge on any atom is 0.123 e. The maximum absolute atomic E-state index is 13.6. The van der Waals surface area contributed by atoms with Crippen molar-refractivity contribution >= 4 is 7.92 Å². The second-order valence-electron chi connectivity index (χ2n) is 7.37. The summed E-state index contributed by atoms with van der Waals surface area (Å²) in [4.78, 5) is 4.86. The first-order valence-corrected chi connectivity index (χ1v) is 10.5. The minimum atomic E-state index is -0.214. The van der Waals surface area contributed by atoms with Crippen LogP contribution in [-0.4, -0.2) is 15.7 Å². The Hall–Kier alpha value is -1.99. The molecule has 0 bridgehead atoms. The van der Waals surface area contributed by atoms with E-state index in [1.165, 1.54) is 17.8 Å². The molecule has 0 fully saturated rings. The van der Waals surface area contributed by atoms with E-state index in [0.717, 1.165) is 29.4 Å². The van der Waals surface area contributed by atoms with Gasteiger partial charge in [0, 0.05) is 23.5 Å². The van der Waals surface area contributed by atoms with Crippen molar-refractivity contribution in [2.24, 2.45) is 0 Å². The monoisotopic (exact) mass is 352 g/mol. The average molecular weight is 352 g/mol. The van der Waals surface area contributed by atoms with E-state index in [-0.39, 0.29) is 19.3 Å². The number of halogens is 1. The Morgan fingerprint density at radius 2 is 1.92 bits per heavy atom. The van der Waals surface area contributed by atoms with Gasteiger partial charge in [-0.3, -0.25) is 0 Å². The fourth-order valence-electron chi connectivity index (χ4n) is 3.67. The predicted molar refractivity (Wildman–Crippen MR) is 103 cm³/mol. The van der Waals surface area contributed by atoms with Crippen LogP contribution in [0, 0.1) is 5.82 Å². The first-order valence-electron chi connectivity index (χ1n) is 8.62. The zero-order valence-electron chi connectivity index (χ0n) is 14.6. The van der Waals surface area contributed by atoms with E-state index in [2.05, 4.69) is 54.9 Å². The maximum atomic E-state index is 13.6. The molecule has 1 aromatic heterocycles. The van der Waals surface area contributed by atoms with Gasteiger partial charge >= 0.3 is 0 Å². The third kappa shape index (κ3) is 3.39. The normalized spacial score (nSPS) is 18.8. The molecule has 2 heterocycles. The van der Waals surface area contributed by atoms with Crippen LogP contribution in [0.2, 0.25) is 0 Å². The molecule has 1 aliphatic heterocycles. The Balaban J connectivity index is 1.64. The van der Waals surface area contributed by atoms with Gasteiger partial charge in [-0.1, -0.05) is 50.4 Å². The average Bonchev–Trinajstić information content (AvgIpc) is 3.00. The fourth-order valence-corrected chi connectivity index (χ4v) is 6.61. The predicted octanol–water partition coefficient (Wildman–Crippen LogP) is 5.62. The molecule has 25 heavy (non-hydrogen) atoms. The van der Waals surface area contributed by atoms with Gasteiger partial charge < -0.3 is 4.57 Å². The van der Waals surface area contributed by atoms with Gasteiger partial charge in [-0.15, -0.1) is 0 Å². The minimum absolute atomic E-state index is 0.0483. The van der Waals surface area contributed by atoms with E-state index in [1.54, 1.807) is 12.1 Å². The molecule has 0 saturated carbocycles. The van der Waals surface area contributed by atoms with Crippen LogP contribution in [0.5, 0.6) is 0 Å². The number of hydrogen-bond acceptors (Lipinski definition) is 1. The quantitative estimate of drug-likeness (QED) is 0.559. The molecule has 0 N–H and O–H groups in total. The SMILES string of the molecule is CC1(C)CP(Cc2ccccc2)Cc2nc(-c3cccc(F)c3)cn21. The van der Waals surface area contributed by atoms with E-state index in [4.69, 9.17) is 4.98 Å². The van der Waals surface area contributed by atoms with Crippen LogP contribution < -0.4 is 0 Å². The lowest BCUT2D eigenvalue weighted by molar-refractivity contribution is 0.383. The molecule has 3 aromatic rings. The van der Waals surface area contributed by atoms with Crippen LogP contribution in [-0.2, 0) is 17.9 Å². The van der Waals surface area contributed by atoms with Crippen molar-refractivity contribution in [2.75, 3.05) is 6.16 Å². The fraction of sp³-hybridized carbons (Fsp3) is 0.286. The van der Waals surface area contributed by atoms with E-state index in [1.807, 2.05) is 6.07 Å². The molecule has 0 saturated heterocycles. The summed E-state index contributed by atoms with van der Waals surface area (Å²) in [5, 5.41) is 0. The van der Waals surface area contributed by atoms with E-state index in [9.17, 15) is 4.39 Å². The van der Waals surface area contributed by atoms with Crippen LogP contribution in [0.1, 0.15) is 25.2 Å².